The van der Waals surface area contributed by atoms with Crippen LogP contribution in [0.4, 0.5) is 0 Å². The zero-order chi connectivity index (χ0) is 17.9. The Morgan fingerprint density at radius 2 is 2.00 bits per heavy atom. The minimum Gasteiger partial charge on any atom is -0.350 e. The molecule has 0 radical (unpaired) electrons. The molecule has 0 atom stereocenters. The van der Waals surface area contributed by atoms with E-state index in [1.165, 1.54) is 0 Å². The van der Waals surface area contributed by atoms with E-state index in [-0.39, 0.29) is 5.41 Å². The summed E-state index contributed by atoms with van der Waals surface area (Å²) in [7, 11) is 1.75. The maximum absolute atomic E-state index is 4.69. The Morgan fingerprint density at radius 3 is 2.72 bits per heavy atom. The molecule has 3 aromatic heterocycles. The van der Waals surface area contributed by atoms with Crippen LogP contribution in [0.1, 0.15) is 37.3 Å². The third kappa shape index (κ3) is 4.14. The largest absolute Gasteiger partial charge is 0.350 e. The molecule has 0 aliphatic heterocycles. The molecule has 0 amide bonds. The number of thiazole rings is 1. The minimum absolute atomic E-state index is 0.0728. The summed E-state index contributed by atoms with van der Waals surface area (Å²) >= 11 is 1.66. The minimum atomic E-state index is 0.0728. The Hall–Kier alpha value is -2.48. The van der Waals surface area contributed by atoms with Crippen molar-refractivity contribution >= 4 is 22.9 Å². The third-order valence-electron chi connectivity index (χ3n) is 3.75. The standard InChI is InChI=1S/C17H23N7S/c1-17(2,3)12-11-25-15(21-12)10-20-16(18-4)19-9-14-23-22-13-7-5-6-8-24(13)14/h5-8,11H,9-10H2,1-4H3,(H2,18,19,20). The maximum atomic E-state index is 4.69. The first-order valence-corrected chi connectivity index (χ1v) is 9.03. The van der Waals surface area contributed by atoms with Crippen molar-refractivity contribution in [2.24, 2.45) is 4.99 Å². The van der Waals surface area contributed by atoms with Crippen molar-refractivity contribution < 1.29 is 0 Å². The summed E-state index contributed by atoms with van der Waals surface area (Å²) in [4.78, 5) is 8.94. The first kappa shape index (κ1) is 17.3. The van der Waals surface area contributed by atoms with Crippen LogP contribution in [0.15, 0.2) is 34.8 Å². The second-order valence-electron chi connectivity index (χ2n) is 6.70. The summed E-state index contributed by atoms with van der Waals surface area (Å²) in [5, 5.41) is 18.1. The predicted molar refractivity (Wildman–Crippen MR) is 101 cm³/mol. The molecule has 0 aromatic carbocycles. The number of fused-ring (bicyclic) bond motifs is 1. The fourth-order valence-electron chi connectivity index (χ4n) is 2.29. The molecule has 0 fully saturated rings. The lowest BCUT2D eigenvalue weighted by Gasteiger charge is -2.14. The third-order valence-corrected chi connectivity index (χ3v) is 4.60. The Morgan fingerprint density at radius 1 is 1.20 bits per heavy atom. The van der Waals surface area contributed by atoms with Gasteiger partial charge in [0.1, 0.15) is 5.01 Å². The molecule has 0 aliphatic carbocycles. The van der Waals surface area contributed by atoms with Gasteiger partial charge in [0.05, 0.1) is 18.8 Å². The number of guanidine groups is 1. The van der Waals surface area contributed by atoms with Gasteiger partial charge in [-0.3, -0.25) is 9.39 Å². The van der Waals surface area contributed by atoms with Crippen LogP contribution < -0.4 is 10.6 Å². The van der Waals surface area contributed by atoms with E-state index in [2.05, 4.69) is 57.0 Å². The highest BCUT2D eigenvalue weighted by molar-refractivity contribution is 7.09. The highest BCUT2D eigenvalue weighted by atomic mass is 32.1. The average molecular weight is 357 g/mol. The Kier molecular flexibility index (Phi) is 4.98. The highest BCUT2D eigenvalue weighted by Gasteiger charge is 2.17. The summed E-state index contributed by atoms with van der Waals surface area (Å²) in [5.74, 6) is 1.54. The molecule has 2 N–H and O–H groups in total. The topological polar surface area (TPSA) is 79.5 Å². The number of pyridine rings is 1. The van der Waals surface area contributed by atoms with Gasteiger partial charge in [-0.05, 0) is 12.1 Å². The van der Waals surface area contributed by atoms with Crippen molar-refractivity contribution in [2.45, 2.75) is 39.3 Å². The van der Waals surface area contributed by atoms with Gasteiger partial charge in [-0.15, -0.1) is 21.5 Å². The molecule has 3 heterocycles. The van der Waals surface area contributed by atoms with Gasteiger partial charge in [0, 0.05) is 24.0 Å². The van der Waals surface area contributed by atoms with Crippen molar-refractivity contribution in [2.75, 3.05) is 7.05 Å². The van der Waals surface area contributed by atoms with Crippen LogP contribution in [-0.4, -0.2) is 32.6 Å². The number of hydrogen-bond acceptors (Lipinski definition) is 5. The van der Waals surface area contributed by atoms with E-state index in [4.69, 9.17) is 0 Å². The van der Waals surface area contributed by atoms with Gasteiger partial charge in [-0.2, -0.15) is 0 Å². The first-order chi connectivity index (χ1) is 12.0. The fraction of sp³-hybridized carbons (Fsp3) is 0.412. The number of hydrogen-bond donors (Lipinski definition) is 2. The van der Waals surface area contributed by atoms with E-state index in [9.17, 15) is 0 Å². The van der Waals surface area contributed by atoms with Crippen LogP contribution in [0.25, 0.3) is 5.65 Å². The smallest absolute Gasteiger partial charge is 0.191 e. The first-order valence-electron chi connectivity index (χ1n) is 8.15. The SMILES string of the molecule is CN=C(NCc1nc(C(C)(C)C)cs1)NCc1nnc2ccccn12. The second kappa shape index (κ2) is 7.18. The number of aliphatic imine (C=N–C) groups is 1. The van der Waals surface area contributed by atoms with Crippen LogP contribution in [-0.2, 0) is 18.5 Å². The van der Waals surface area contributed by atoms with Gasteiger partial charge in [0.2, 0.25) is 0 Å². The van der Waals surface area contributed by atoms with Crippen LogP contribution in [0.5, 0.6) is 0 Å². The van der Waals surface area contributed by atoms with Gasteiger partial charge in [-0.1, -0.05) is 26.8 Å². The van der Waals surface area contributed by atoms with Gasteiger partial charge in [-0.25, -0.2) is 4.98 Å². The molecular weight excluding hydrogens is 334 g/mol. The molecule has 132 valence electrons. The monoisotopic (exact) mass is 357 g/mol. The molecular formula is C17H23N7S. The lowest BCUT2D eigenvalue weighted by molar-refractivity contribution is 0.570. The second-order valence-corrected chi connectivity index (χ2v) is 7.64. The Labute approximate surface area is 151 Å². The zero-order valence-electron chi connectivity index (χ0n) is 14.9. The summed E-state index contributed by atoms with van der Waals surface area (Å²) in [6.45, 7) is 7.69. The molecule has 3 aromatic rings. The zero-order valence-corrected chi connectivity index (χ0v) is 15.8. The van der Waals surface area contributed by atoms with Crippen LogP contribution in [0.3, 0.4) is 0 Å². The molecule has 25 heavy (non-hydrogen) atoms. The van der Waals surface area contributed by atoms with E-state index in [0.29, 0.717) is 19.0 Å². The summed E-state index contributed by atoms with van der Waals surface area (Å²) in [5.41, 5.74) is 2.02. The molecule has 8 heteroatoms. The number of nitrogens with one attached hydrogen (secondary N) is 2. The van der Waals surface area contributed by atoms with Crippen LogP contribution >= 0.6 is 11.3 Å². The van der Waals surface area contributed by atoms with Crippen molar-refractivity contribution in [1.29, 1.82) is 0 Å². The normalized spacial score (nSPS) is 12.6. The Bertz CT molecular complexity index is 872. The van der Waals surface area contributed by atoms with Crippen molar-refractivity contribution in [3.8, 4) is 0 Å². The Balaban J connectivity index is 1.57. The van der Waals surface area contributed by atoms with E-state index >= 15 is 0 Å². The molecule has 0 unspecified atom stereocenters. The fourth-order valence-corrected chi connectivity index (χ4v) is 3.25. The molecule has 0 aliphatic rings. The van der Waals surface area contributed by atoms with Crippen molar-refractivity contribution in [1.82, 2.24) is 30.2 Å². The molecule has 0 spiro atoms. The highest BCUT2D eigenvalue weighted by Crippen LogP contribution is 2.23. The van der Waals surface area contributed by atoms with Gasteiger partial charge >= 0.3 is 0 Å². The average Bonchev–Trinajstić information content (AvgIpc) is 3.22. The van der Waals surface area contributed by atoms with Gasteiger partial charge in [0.25, 0.3) is 0 Å². The van der Waals surface area contributed by atoms with Crippen molar-refractivity contribution in [3.05, 3.63) is 46.3 Å². The van der Waals surface area contributed by atoms with Crippen molar-refractivity contribution in [3.63, 3.8) is 0 Å². The molecule has 3 rings (SSSR count). The summed E-state index contributed by atoms with van der Waals surface area (Å²) in [6.07, 6.45) is 1.95. The quantitative estimate of drug-likeness (QED) is 0.553. The lowest BCUT2D eigenvalue weighted by Crippen LogP contribution is -2.36. The van der Waals surface area contributed by atoms with E-state index in [1.807, 2.05) is 28.8 Å². The van der Waals surface area contributed by atoms with Crippen LogP contribution in [0, 0.1) is 0 Å². The lowest BCUT2D eigenvalue weighted by atomic mass is 9.93. The molecule has 0 saturated heterocycles. The van der Waals surface area contributed by atoms with Gasteiger partial charge < -0.3 is 10.6 Å². The van der Waals surface area contributed by atoms with Crippen LogP contribution in [0.2, 0.25) is 0 Å². The van der Waals surface area contributed by atoms with E-state index < -0.39 is 0 Å². The maximum Gasteiger partial charge on any atom is 0.191 e. The molecule has 7 nitrogen and oxygen atoms in total. The molecule has 0 saturated carbocycles. The van der Waals surface area contributed by atoms with E-state index in [1.54, 1.807) is 18.4 Å². The number of rotatable bonds is 4. The number of nitrogens with zero attached hydrogens (tertiary/aromatic N) is 5. The summed E-state index contributed by atoms with van der Waals surface area (Å²) < 4.78 is 1.96. The molecule has 0 bridgehead atoms. The number of aromatic nitrogens is 4. The van der Waals surface area contributed by atoms with Gasteiger partial charge in [0.15, 0.2) is 17.4 Å². The predicted octanol–water partition coefficient (Wildman–Crippen LogP) is 2.35. The van der Waals surface area contributed by atoms with E-state index in [0.717, 1.165) is 22.2 Å². The summed E-state index contributed by atoms with van der Waals surface area (Å²) in [6, 6.07) is 5.84.